The van der Waals surface area contributed by atoms with E-state index in [4.69, 9.17) is 9.47 Å². The van der Waals surface area contributed by atoms with Gasteiger partial charge in [-0.1, -0.05) is 6.42 Å². The average Bonchev–Trinajstić information content (AvgIpc) is 2.53. The van der Waals surface area contributed by atoms with Gasteiger partial charge in [0.2, 0.25) is 5.91 Å². The summed E-state index contributed by atoms with van der Waals surface area (Å²) >= 11 is 0. The second kappa shape index (κ2) is 7.36. The van der Waals surface area contributed by atoms with Crippen LogP contribution in [0.25, 0.3) is 0 Å². The minimum atomic E-state index is -0.0372. The highest BCUT2D eigenvalue weighted by atomic mass is 16.7. The van der Waals surface area contributed by atoms with Crippen LogP contribution in [-0.2, 0) is 14.3 Å². The lowest BCUT2D eigenvalue weighted by Crippen LogP contribution is -2.39. The highest BCUT2D eigenvalue weighted by Crippen LogP contribution is 2.28. The van der Waals surface area contributed by atoms with Crippen molar-refractivity contribution in [3.05, 3.63) is 0 Å². The second-order valence-electron chi connectivity index (χ2n) is 6.28. The lowest BCUT2D eigenvalue weighted by atomic mass is 9.84. The number of fused-ring (bicyclic) bond motifs is 1. The van der Waals surface area contributed by atoms with Crippen LogP contribution in [0.2, 0.25) is 0 Å². The molecule has 3 rings (SSSR count). The Labute approximate surface area is 126 Å². The van der Waals surface area contributed by atoms with Gasteiger partial charge in [0.15, 0.2) is 6.29 Å². The molecule has 2 unspecified atom stereocenters. The monoisotopic (exact) mass is 294 g/mol. The van der Waals surface area contributed by atoms with E-state index in [0.29, 0.717) is 25.5 Å². The van der Waals surface area contributed by atoms with E-state index in [9.17, 15) is 4.79 Å². The van der Waals surface area contributed by atoms with Gasteiger partial charge in [0.25, 0.3) is 0 Å². The minimum Gasteiger partial charge on any atom is -0.353 e. The summed E-state index contributed by atoms with van der Waals surface area (Å²) in [6, 6.07) is 0. The van der Waals surface area contributed by atoms with Gasteiger partial charge in [0, 0.05) is 31.2 Å². The predicted octanol–water partition coefficient (Wildman–Crippen LogP) is 2.70. The second-order valence-corrected chi connectivity index (χ2v) is 6.28. The third-order valence-corrected chi connectivity index (χ3v) is 4.62. The van der Waals surface area contributed by atoms with Gasteiger partial charge in [-0.15, -0.1) is 0 Å². The van der Waals surface area contributed by atoms with Crippen LogP contribution in [0.3, 0.4) is 0 Å². The smallest absolute Gasteiger partial charge is 0.243 e. The Morgan fingerprint density at radius 3 is 3.00 bits per heavy atom. The SMILES string of the molecule is O=C1CC2CCCCC2=NN1CCCOC1CCCCO1. The molecular weight excluding hydrogens is 268 g/mol. The van der Waals surface area contributed by atoms with Crippen molar-refractivity contribution < 1.29 is 14.3 Å². The molecular formula is C16H26N2O3. The third-order valence-electron chi connectivity index (χ3n) is 4.62. The summed E-state index contributed by atoms with van der Waals surface area (Å²) in [5, 5.41) is 6.25. The van der Waals surface area contributed by atoms with Crippen LogP contribution in [0.1, 0.15) is 57.8 Å². The summed E-state index contributed by atoms with van der Waals surface area (Å²) in [4.78, 5) is 12.1. The molecule has 5 heteroatoms. The number of amides is 1. The van der Waals surface area contributed by atoms with Crippen LogP contribution >= 0.6 is 0 Å². The van der Waals surface area contributed by atoms with Crippen molar-refractivity contribution in [3.8, 4) is 0 Å². The molecule has 118 valence electrons. The van der Waals surface area contributed by atoms with Gasteiger partial charge in [-0.3, -0.25) is 4.79 Å². The number of hydrogen-bond acceptors (Lipinski definition) is 4. The summed E-state index contributed by atoms with van der Waals surface area (Å²) in [6.07, 6.45) is 9.44. The zero-order chi connectivity index (χ0) is 14.5. The third kappa shape index (κ3) is 4.04. The maximum absolute atomic E-state index is 12.1. The van der Waals surface area contributed by atoms with Crippen molar-refractivity contribution in [3.63, 3.8) is 0 Å². The molecule has 2 aliphatic heterocycles. The molecule has 0 aromatic carbocycles. The molecule has 1 aliphatic carbocycles. The summed E-state index contributed by atoms with van der Waals surface area (Å²) in [5.41, 5.74) is 1.25. The van der Waals surface area contributed by atoms with Crippen LogP contribution in [0.4, 0.5) is 0 Å². The van der Waals surface area contributed by atoms with Crippen molar-refractivity contribution in [1.29, 1.82) is 0 Å². The van der Waals surface area contributed by atoms with E-state index in [1.165, 1.54) is 25.0 Å². The molecule has 0 spiro atoms. The molecule has 2 atom stereocenters. The van der Waals surface area contributed by atoms with Crippen LogP contribution in [-0.4, -0.2) is 42.7 Å². The molecule has 5 nitrogen and oxygen atoms in total. The van der Waals surface area contributed by atoms with Crippen molar-refractivity contribution in [2.24, 2.45) is 11.0 Å². The van der Waals surface area contributed by atoms with E-state index in [1.54, 1.807) is 5.01 Å². The van der Waals surface area contributed by atoms with Gasteiger partial charge in [-0.25, -0.2) is 5.01 Å². The number of hydrazone groups is 1. The first-order chi connectivity index (χ1) is 10.3. The molecule has 3 aliphatic rings. The number of carbonyl (C=O) groups excluding carboxylic acids is 1. The number of nitrogens with zero attached hydrogens (tertiary/aromatic N) is 2. The van der Waals surface area contributed by atoms with Crippen LogP contribution in [0.5, 0.6) is 0 Å². The summed E-state index contributed by atoms with van der Waals surface area (Å²) < 4.78 is 11.2. The van der Waals surface area contributed by atoms with Crippen molar-refractivity contribution >= 4 is 11.6 Å². The van der Waals surface area contributed by atoms with Crippen LogP contribution in [0, 0.1) is 5.92 Å². The molecule has 1 amide bonds. The molecule has 1 saturated carbocycles. The van der Waals surface area contributed by atoms with Gasteiger partial charge < -0.3 is 9.47 Å². The maximum atomic E-state index is 12.1. The molecule has 0 aromatic rings. The van der Waals surface area contributed by atoms with Crippen molar-refractivity contribution in [2.75, 3.05) is 19.8 Å². The van der Waals surface area contributed by atoms with Gasteiger partial charge in [-0.2, -0.15) is 5.10 Å². The molecule has 1 saturated heterocycles. The molecule has 0 N–H and O–H groups in total. The predicted molar refractivity (Wildman–Crippen MR) is 79.9 cm³/mol. The van der Waals surface area contributed by atoms with E-state index >= 15 is 0 Å². The van der Waals surface area contributed by atoms with Crippen LogP contribution < -0.4 is 0 Å². The van der Waals surface area contributed by atoms with Crippen molar-refractivity contribution in [2.45, 2.75) is 64.1 Å². The summed E-state index contributed by atoms with van der Waals surface area (Å²) in [7, 11) is 0. The Hall–Kier alpha value is -0.940. The molecule has 0 aromatic heterocycles. The zero-order valence-corrected chi connectivity index (χ0v) is 12.8. The Balaban J connectivity index is 1.41. The standard InChI is InChI=1S/C16H26N2O3/c19-15-12-13-6-1-2-7-14(13)17-18(15)9-5-11-21-16-8-3-4-10-20-16/h13,16H,1-12H2. The maximum Gasteiger partial charge on any atom is 0.243 e. The zero-order valence-electron chi connectivity index (χ0n) is 12.8. The van der Waals surface area contributed by atoms with Gasteiger partial charge in [0.05, 0.1) is 6.61 Å². The van der Waals surface area contributed by atoms with Gasteiger partial charge >= 0.3 is 0 Å². The molecule has 2 heterocycles. The lowest BCUT2D eigenvalue weighted by Gasteiger charge is -2.32. The number of carbonyl (C=O) groups is 1. The Kier molecular flexibility index (Phi) is 5.25. The number of hydrogen-bond donors (Lipinski definition) is 0. The topological polar surface area (TPSA) is 51.1 Å². The Morgan fingerprint density at radius 2 is 2.14 bits per heavy atom. The average molecular weight is 294 g/mol. The van der Waals surface area contributed by atoms with Gasteiger partial charge in [-0.05, 0) is 44.9 Å². The van der Waals surface area contributed by atoms with E-state index in [1.807, 2.05) is 0 Å². The summed E-state index contributed by atoms with van der Waals surface area (Å²) in [6.45, 7) is 2.12. The van der Waals surface area contributed by atoms with Crippen LogP contribution in [0.15, 0.2) is 5.10 Å². The molecule has 0 bridgehead atoms. The number of ether oxygens (including phenoxy) is 2. The molecule has 2 fully saturated rings. The van der Waals surface area contributed by atoms with Crippen molar-refractivity contribution in [1.82, 2.24) is 5.01 Å². The largest absolute Gasteiger partial charge is 0.353 e. The summed E-state index contributed by atoms with van der Waals surface area (Å²) in [5.74, 6) is 0.606. The molecule has 0 radical (unpaired) electrons. The van der Waals surface area contributed by atoms with Gasteiger partial charge in [0.1, 0.15) is 0 Å². The highest BCUT2D eigenvalue weighted by molar-refractivity contribution is 5.94. The first-order valence-electron chi connectivity index (χ1n) is 8.44. The number of rotatable bonds is 5. The molecule has 21 heavy (non-hydrogen) atoms. The van der Waals surface area contributed by atoms with E-state index in [2.05, 4.69) is 5.10 Å². The fourth-order valence-electron chi connectivity index (χ4n) is 3.39. The lowest BCUT2D eigenvalue weighted by molar-refractivity contribution is -0.163. The highest BCUT2D eigenvalue weighted by Gasteiger charge is 2.30. The fraction of sp³-hybridized carbons (Fsp3) is 0.875. The fourth-order valence-corrected chi connectivity index (χ4v) is 3.39. The Morgan fingerprint density at radius 1 is 1.24 bits per heavy atom. The minimum absolute atomic E-state index is 0.0372. The normalized spacial score (nSPS) is 30.0. The Bertz CT molecular complexity index is 391. The first-order valence-corrected chi connectivity index (χ1v) is 8.44. The quantitative estimate of drug-likeness (QED) is 0.733. The van der Waals surface area contributed by atoms with E-state index in [0.717, 1.165) is 38.7 Å². The first kappa shape index (κ1) is 15.0. The van der Waals surface area contributed by atoms with E-state index in [-0.39, 0.29) is 12.2 Å². The van der Waals surface area contributed by atoms with E-state index < -0.39 is 0 Å².